The predicted octanol–water partition coefficient (Wildman–Crippen LogP) is 0.120. The molecule has 1 aromatic rings. The van der Waals surface area contributed by atoms with Gasteiger partial charge in [-0.3, -0.25) is 0 Å². The van der Waals surface area contributed by atoms with Crippen molar-refractivity contribution in [1.82, 2.24) is 10.3 Å². The van der Waals surface area contributed by atoms with E-state index in [2.05, 4.69) is 10.3 Å². The quantitative estimate of drug-likeness (QED) is 0.557. The molecule has 0 aromatic carbocycles. The number of nitrogens with one attached hydrogen (secondary N) is 1. The second-order valence-electron chi connectivity index (χ2n) is 2.69. The van der Waals surface area contributed by atoms with Crippen LogP contribution in [0, 0.1) is 6.92 Å². The molecule has 0 fully saturated rings. The van der Waals surface area contributed by atoms with Gasteiger partial charge in [0.05, 0.1) is 6.54 Å². The first-order chi connectivity index (χ1) is 5.27. The molecule has 2 heterocycles. The van der Waals surface area contributed by atoms with Crippen LogP contribution in [0.3, 0.4) is 0 Å². The van der Waals surface area contributed by atoms with Crippen molar-refractivity contribution < 1.29 is 9.52 Å². The SMILES string of the molecule is Cc1nc2c(o1)CNCC2O. The van der Waals surface area contributed by atoms with Crippen molar-refractivity contribution in [3.63, 3.8) is 0 Å². The van der Waals surface area contributed by atoms with E-state index in [1.807, 2.05) is 0 Å². The van der Waals surface area contributed by atoms with Gasteiger partial charge in [0.15, 0.2) is 5.89 Å². The first-order valence-electron chi connectivity index (χ1n) is 3.62. The van der Waals surface area contributed by atoms with Gasteiger partial charge in [0.25, 0.3) is 0 Å². The molecule has 0 saturated heterocycles. The van der Waals surface area contributed by atoms with Crippen LogP contribution in [0.1, 0.15) is 23.4 Å². The van der Waals surface area contributed by atoms with Crippen LogP contribution >= 0.6 is 0 Å². The average molecular weight is 154 g/mol. The summed E-state index contributed by atoms with van der Waals surface area (Å²) in [5.74, 6) is 1.39. The molecule has 11 heavy (non-hydrogen) atoms. The smallest absolute Gasteiger partial charge is 0.191 e. The first-order valence-corrected chi connectivity index (χ1v) is 3.62. The van der Waals surface area contributed by atoms with Gasteiger partial charge in [0.2, 0.25) is 0 Å². The predicted molar refractivity (Wildman–Crippen MR) is 37.9 cm³/mol. The van der Waals surface area contributed by atoms with E-state index in [4.69, 9.17) is 4.42 Å². The number of oxazole rings is 1. The van der Waals surface area contributed by atoms with E-state index in [0.717, 1.165) is 5.76 Å². The van der Waals surface area contributed by atoms with Crippen LogP contribution in [0.2, 0.25) is 0 Å². The number of fused-ring (bicyclic) bond motifs is 1. The topological polar surface area (TPSA) is 58.3 Å². The Kier molecular flexibility index (Phi) is 1.44. The molecule has 0 bridgehead atoms. The van der Waals surface area contributed by atoms with Crippen molar-refractivity contribution in [2.45, 2.75) is 19.6 Å². The summed E-state index contributed by atoms with van der Waals surface area (Å²) in [6, 6.07) is 0. The minimum absolute atomic E-state index is 0.504. The normalized spacial score (nSPS) is 23.3. The van der Waals surface area contributed by atoms with Crippen LogP contribution in [0.4, 0.5) is 0 Å². The average Bonchev–Trinajstić information content (AvgIpc) is 2.31. The third-order valence-electron chi connectivity index (χ3n) is 1.77. The standard InChI is InChI=1S/C7H10N2O2/c1-4-9-7-5(10)2-8-3-6(7)11-4/h5,8,10H,2-3H2,1H3. The molecule has 0 radical (unpaired) electrons. The number of rotatable bonds is 0. The van der Waals surface area contributed by atoms with Gasteiger partial charge in [-0.25, -0.2) is 4.98 Å². The lowest BCUT2D eigenvalue weighted by Gasteiger charge is -2.15. The summed E-state index contributed by atoms with van der Waals surface area (Å²) in [7, 11) is 0. The number of hydrogen-bond donors (Lipinski definition) is 2. The van der Waals surface area contributed by atoms with E-state index >= 15 is 0 Å². The van der Waals surface area contributed by atoms with Gasteiger partial charge in [0.1, 0.15) is 17.6 Å². The van der Waals surface area contributed by atoms with Gasteiger partial charge in [-0.2, -0.15) is 0 Å². The Morgan fingerprint density at radius 3 is 3.27 bits per heavy atom. The molecule has 2 N–H and O–H groups in total. The Labute approximate surface area is 64.2 Å². The Balaban J connectivity index is 2.43. The zero-order valence-electron chi connectivity index (χ0n) is 6.29. The van der Waals surface area contributed by atoms with Gasteiger partial charge in [-0.1, -0.05) is 0 Å². The molecule has 60 valence electrons. The molecule has 4 heteroatoms. The second-order valence-corrected chi connectivity index (χ2v) is 2.69. The maximum absolute atomic E-state index is 9.39. The second kappa shape index (κ2) is 2.32. The maximum atomic E-state index is 9.39. The largest absolute Gasteiger partial charge is 0.444 e. The number of β-amino-alcohol motifs (C(OH)–C–C–N with tert-alkyl or cyclic N) is 1. The van der Waals surface area contributed by atoms with E-state index in [0.29, 0.717) is 24.7 Å². The lowest BCUT2D eigenvalue weighted by molar-refractivity contribution is 0.156. The highest BCUT2D eigenvalue weighted by molar-refractivity contribution is 5.15. The fourth-order valence-corrected chi connectivity index (χ4v) is 1.29. The number of hydrogen-bond acceptors (Lipinski definition) is 4. The minimum atomic E-state index is -0.504. The van der Waals surface area contributed by atoms with Gasteiger partial charge < -0.3 is 14.8 Å². The zero-order valence-corrected chi connectivity index (χ0v) is 6.29. The van der Waals surface area contributed by atoms with Crippen molar-refractivity contribution in [3.05, 3.63) is 17.3 Å². The Bertz CT molecular complexity index is 269. The summed E-state index contributed by atoms with van der Waals surface area (Å²) in [5, 5.41) is 12.4. The first kappa shape index (κ1) is 6.82. The Hall–Kier alpha value is -0.870. The van der Waals surface area contributed by atoms with Crippen LogP contribution in [-0.4, -0.2) is 16.6 Å². The number of nitrogens with zero attached hydrogens (tertiary/aromatic N) is 1. The van der Waals surface area contributed by atoms with Gasteiger partial charge in [-0.05, 0) is 0 Å². The van der Waals surface area contributed by atoms with E-state index in [1.54, 1.807) is 6.92 Å². The molecule has 1 aromatic heterocycles. The summed E-state index contributed by atoms with van der Waals surface area (Å²) < 4.78 is 5.24. The number of aliphatic hydroxyl groups excluding tert-OH is 1. The number of aryl methyl sites for hydroxylation is 1. The number of aliphatic hydroxyl groups is 1. The molecular formula is C7H10N2O2. The zero-order chi connectivity index (χ0) is 7.84. The molecule has 4 nitrogen and oxygen atoms in total. The molecule has 2 rings (SSSR count). The molecule has 1 unspecified atom stereocenters. The molecule has 1 atom stereocenters. The van der Waals surface area contributed by atoms with Crippen LogP contribution < -0.4 is 5.32 Å². The summed E-state index contributed by atoms with van der Waals surface area (Å²) in [4.78, 5) is 4.08. The fourth-order valence-electron chi connectivity index (χ4n) is 1.29. The third kappa shape index (κ3) is 1.04. The summed E-state index contributed by atoms with van der Waals surface area (Å²) in [6.07, 6.45) is -0.504. The monoisotopic (exact) mass is 154 g/mol. The molecule has 0 spiro atoms. The van der Waals surface area contributed by atoms with Crippen LogP contribution in [-0.2, 0) is 6.54 Å². The lowest BCUT2D eigenvalue weighted by Crippen LogP contribution is -2.27. The van der Waals surface area contributed by atoms with Crippen molar-refractivity contribution >= 4 is 0 Å². The Morgan fingerprint density at radius 2 is 2.55 bits per heavy atom. The summed E-state index contributed by atoms with van der Waals surface area (Å²) >= 11 is 0. The molecule has 0 aliphatic carbocycles. The van der Waals surface area contributed by atoms with Crippen molar-refractivity contribution in [2.24, 2.45) is 0 Å². The van der Waals surface area contributed by atoms with Gasteiger partial charge in [-0.15, -0.1) is 0 Å². The van der Waals surface area contributed by atoms with Crippen molar-refractivity contribution in [1.29, 1.82) is 0 Å². The summed E-state index contributed by atoms with van der Waals surface area (Å²) in [6.45, 7) is 3.03. The lowest BCUT2D eigenvalue weighted by atomic mass is 10.1. The molecule has 1 aliphatic rings. The summed E-state index contributed by atoms with van der Waals surface area (Å²) in [5.41, 5.74) is 0.696. The van der Waals surface area contributed by atoms with Crippen LogP contribution in [0.25, 0.3) is 0 Å². The Morgan fingerprint density at radius 1 is 1.73 bits per heavy atom. The highest BCUT2D eigenvalue weighted by atomic mass is 16.4. The van der Waals surface area contributed by atoms with Crippen molar-refractivity contribution in [3.8, 4) is 0 Å². The van der Waals surface area contributed by atoms with E-state index in [9.17, 15) is 5.11 Å². The van der Waals surface area contributed by atoms with E-state index < -0.39 is 6.10 Å². The van der Waals surface area contributed by atoms with Crippen molar-refractivity contribution in [2.75, 3.05) is 6.54 Å². The highest BCUT2D eigenvalue weighted by Gasteiger charge is 2.22. The van der Waals surface area contributed by atoms with E-state index in [-0.39, 0.29) is 0 Å². The third-order valence-corrected chi connectivity index (χ3v) is 1.77. The minimum Gasteiger partial charge on any atom is -0.444 e. The van der Waals surface area contributed by atoms with Gasteiger partial charge >= 0.3 is 0 Å². The van der Waals surface area contributed by atoms with Gasteiger partial charge in [0, 0.05) is 13.5 Å². The van der Waals surface area contributed by atoms with E-state index in [1.165, 1.54) is 0 Å². The molecule has 0 saturated carbocycles. The van der Waals surface area contributed by atoms with Crippen LogP contribution in [0.5, 0.6) is 0 Å². The molecule has 1 aliphatic heterocycles. The molecular weight excluding hydrogens is 144 g/mol. The highest BCUT2D eigenvalue weighted by Crippen LogP contribution is 2.21. The molecule has 0 amide bonds. The van der Waals surface area contributed by atoms with Crippen LogP contribution in [0.15, 0.2) is 4.42 Å². The fraction of sp³-hybridized carbons (Fsp3) is 0.571. The number of aromatic nitrogens is 1. The maximum Gasteiger partial charge on any atom is 0.191 e.